The first-order valence-electron chi connectivity index (χ1n) is 9.86. The average molecular weight is 391 g/mol. The van der Waals surface area contributed by atoms with E-state index in [1.54, 1.807) is 11.3 Å². The van der Waals surface area contributed by atoms with Gasteiger partial charge in [-0.1, -0.05) is 6.92 Å². The number of rotatable bonds is 5. The molecule has 1 saturated heterocycles. The maximum absolute atomic E-state index is 12.6. The van der Waals surface area contributed by atoms with E-state index in [1.165, 1.54) is 4.88 Å². The molecule has 2 aliphatic rings. The van der Waals surface area contributed by atoms with Gasteiger partial charge in [-0.05, 0) is 50.5 Å². The second-order valence-electron chi connectivity index (χ2n) is 7.69. The molecule has 2 N–H and O–H groups in total. The summed E-state index contributed by atoms with van der Waals surface area (Å²) in [6.07, 6.45) is 4.76. The quantitative estimate of drug-likeness (QED) is 0.747. The molecule has 7 heteroatoms. The Kier molecular flexibility index (Phi) is 6.51. The SMILES string of the molecule is CCOC(=O)[C@@H]1CCC[NH+](CC(=O)Nc2sc3c(c2C#N)CC[C@@H](C)C3)C1. The Morgan fingerprint density at radius 2 is 2.22 bits per heavy atom. The summed E-state index contributed by atoms with van der Waals surface area (Å²) < 4.78 is 5.13. The Bertz CT molecular complexity index is 752. The highest BCUT2D eigenvalue weighted by Gasteiger charge is 2.31. The van der Waals surface area contributed by atoms with E-state index in [-0.39, 0.29) is 17.8 Å². The number of esters is 1. The number of carbonyl (C=O) groups excluding carboxylic acids is 2. The third kappa shape index (κ3) is 4.69. The predicted octanol–water partition coefficient (Wildman–Crippen LogP) is 1.54. The van der Waals surface area contributed by atoms with E-state index < -0.39 is 0 Å². The fraction of sp³-hybridized carbons (Fsp3) is 0.650. The van der Waals surface area contributed by atoms with Crippen LogP contribution < -0.4 is 10.2 Å². The predicted molar refractivity (Wildman–Crippen MR) is 104 cm³/mol. The summed E-state index contributed by atoms with van der Waals surface area (Å²) in [6.45, 7) is 6.27. The third-order valence-electron chi connectivity index (χ3n) is 5.52. The van der Waals surface area contributed by atoms with Crippen molar-refractivity contribution in [3.05, 3.63) is 16.0 Å². The molecule has 3 rings (SSSR count). The van der Waals surface area contributed by atoms with Crippen molar-refractivity contribution in [3.8, 4) is 6.07 Å². The maximum atomic E-state index is 12.6. The van der Waals surface area contributed by atoms with Crippen molar-refractivity contribution in [2.24, 2.45) is 11.8 Å². The Balaban J connectivity index is 1.61. The average Bonchev–Trinajstić information content (AvgIpc) is 2.97. The maximum Gasteiger partial charge on any atom is 0.314 e. The summed E-state index contributed by atoms with van der Waals surface area (Å²) in [5, 5.41) is 13.2. The fourth-order valence-corrected chi connectivity index (χ4v) is 5.51. The molecule has 1 aromatic rings. The highest BCUT2D eigenvalue weighted by molar-refractivity contribution is 7.16. The van der Waals surface area contributed by atoms with Crippen molar-refractivity contribution in [3.63, 3.8) is 0 Å². The minimum Gasteiger partial charge on any atom is -0.466 e. The van der Waals surface area contributed by atoms with Gasteiger partial charge in [0.25, 0.3) is 5.91 Å². The van der Waals surface area contributed by atoms with Gasteiger partial charge in [0.15, 0.2) is 6.54 Å². The lowest BCUT2D eigenvalue weighted by atomic mass is 9.89. The minimum absolute atomic E-state index is 0.0855. The smallest absolute Gasteiger partial charge is 0.314 e. The van der Waals surface area contributed by atoms with Gasteiger partial charge in [-0.3, -0.25) is 9.59 Å². The molecule has 1 aliphatic heterocycles. The molecule has 3 atom stereocenters. The molecular formula is C20H28N3O3S+. The number of thiophene rings is 1. The van der Waals surface area contributed by atoms with Gasteiger partial charge in [0.1, 0.15) is 17.0 Å². The van der Waals surface area contributed by atoms with Crippen LogP contribution in [0.2, 0.25) is 0 Å². The van der Waals surface area contributed by atoms with Crippen LogP contribution in [0.25, 0.3) is 0 Å². The number of piperidine rings is 1. The number of fused-ring (bicyclic) bond motifs is 1. The van der Waals surface area contributed by atoms with E-state index in [1.807, 2.05) is 6.92 Å². The number of nitrogens with one attached hydrogen (secondary N) is 2. The van der Waals surface area contributed by atoms with Crippen LogP contribution in [0.15, 0.2) is 0 Å². The van der Waals surface area contributed by atoms with Gasteiger partial charge in [0.2, 0.25) is 0 Å². The molecule has 2 heterocycles. The molecule has 146 valence electrons. The van der Waals surface area contributed by atoms with E-state index in [4.69, 9.17) is 4.74 Å². The number of nitriles is 1. The van der Waals surface area contributed by atoms with Gasteiger partial charge < -0.3 is 15.0 Å². The monoisotopic (exact) mass is 390 g/mol. The first-order chi connectivity index (χ1) is 13.0. The summed E-state index contributed by atoms with van der Waals surface area (Å²) in [5.74, 6) is 0.273. The molecule has 0 spiro atoms. The zero-order chi connectivity index (χ0) is 19.4. The number of carbonyl (C=O) groups is 2. The highest BCUT2D eigenvalue weighted by atomic mass is 32.1. The zero-order valence-corrected chi connectivity index (χ0v) is 16.9. The van der Waals surface area contributed by atoms with E-state index in [0.29, 0.717) is 36.2 Å². The van der Waals surface area contributed by atoms with Crippen LogP contribution >= 0.6 is 11.3 Å². The molecule has 0 radical (unpaired) electrons. The van der Waals surface area contributed by atoms with Crippen LogP contribution in [0, 0.1) is 23.2 Å². The van der Waals surface area contributed by atoms with Crippen molar-refractivity contribution in [1.82, 2.24) is 0 Å². The lowest BCUT2D eigenvalue weighted by Gasteiger charge is -2.28. The minimum atomic E-state index is -0.151. The van der Waals surface area contributed by atoms with E-state index in [9.17, 15) is 14.9 Å². The third-order valence-corrected chi connectivity index (χ3v) is 6.69. The van der Waals surface area contributed by atoms with Crippen LogP contribution in [0.5, 0.6) is 0 Å². The van der Waals surface area contributed by atoms with Gasteiger partial charge in [-0.2, -0.15) is 5.26 Å². The summed E-state index contributed by atoms with van der Waals surface area (Å²) >= 11 is 1.55. The van der Waals surface area contributed by atoms with Gasteiger partial charge in [0, 0.05) is 4.88 Å². The molecule has 1 aliphatic carbocycles. The van der Waals surface area contributed by atoms with Crippen LogP contribution in [-0.2, 0) is 27.2 Å². The number of likely N-dealkylation sites (tertiary alicyclic amines) is 1. The Hall–Kier alpha value is -1.91. The summed E-state index contributed by atoms with van der Waals surface area (Å²) in [5.41, 5.74) is 1.77. The molecule has 1 aromatic heterocycles. The van der Waals surface area contributed by atoms with Crippen molar-refractivity contribution < 1.29 is 19.2 Å². The molecular weight excluding hydrogens is 362 g/mol. The van der Waals surface area contributed by atoms with E-state index in [2.05, 4.69) is 18.3 Å². The van der Waals surface area contributed by atoms with Crippen LogP contribution in [-0.4, -0.2) is 38.1 Å². The Morgan fingerprint density at radius 1 is 1.41 bits per heavy atom. The van der Waals surface area contributed by atoms with Crippen molar-refractivity contribution in [1.29, 1.82) is 5.26 Å². The largest absolute Gasteiger partial charge is 0.466 e. The standard InChI is InChI=1S/C20H27N3O3S/c1-3-26-20(25)14-5-4-8-23(11-14)12-18(24)22-19-16(10-21)15-7-6-13(2)9-17(15)27-19/h13-14H,3-9,11-12H2,1-2H3,(H,22,24)/p+1/t13-,14-/m1/s1. The summed E-state index contributed by atoms with van der Waals surface area (Å²) in [7, 11) is 0. The molecule has 0 aromatic carbocycles. The lowest BCUT2D eigenvalue weighted by molar-refractivity contribution is -0.899. The van der Waals surface area contributed by atoms with E-state index >= 15 is 0 Å². The van der Waals surface area contributed by atoms with Gasteiger partial charge in [-0.25, -0.2) is 0 Å². The number of amides is 1. The number of anilines is 1. The molecule has 6 nitrogen and oxygen atoms in total. The lowest BCUT2D eigenvalue weighted by Crippen LogP contribution is -3.14. The van der Waals surface area contributed by atoms with Gasteiger partial charge in [-0.15, -0.1) is 11.3 Å². The summed E-state index contributed by atoms with van der Waals surface area (Å²) in [4.78, 5) is 26.9. The fourth-order valence-electron chi connectivity index (χ4n) is 4.13. The Morgan fingerprint density at radius 3 is 2.96 bits per heavy atom. The number of nitrogens with zero attached hydrogens (tertiary/aromatic N) is 1. The molecule has 1 amide bonds. The number of hydrogen-bond donors (Lipinski definition) is 2. The van der Waals surface area contributed by atoms with Crippen molar-refractivity contribution in [2.75, 3.05) is 31.6 Å². The topological polar surface area (TPSA) is 83.6 Å². The van der Waals surface area contributed by atoms with Crippen molar-refractivity contribution >= 4 is 28.2 Å². The normalized spacial score (nSPS) is 24.6. The number of ether oxygens (including phenoxy) is 1. The second-order valence-corrected chi connectivity index (χ2v) is 8.79. The van der Waals surface area contributed by atoms with Crippen LogP contribution in [0.3, 0.4) is 0 Å². The molecule has 1 unspecified atom stereocenters. The van der Waals surface area contributed by atoms with Gasteiger partial charge in [0.05, 0.1) is 25.3 Å². The molecule has 27 heavy (non-hydrogen) atoms. The number of quaternary nitrogens is 1. The van der Waals surface area contributed by atoms with Crippen molar-refractivity contribution in [2.45, 2.75) is 46.0 Å². The van der Waals surface area contributed by atoms with Crippen LogP contribution in [0.1, 0.15) is 49.1 Å². The molecule has 1 fully saturated rings. The zero-order valence-electron chi connectivity index (χ0n) is 16.1. The van der Waals surface area contributed by atoms with E-state index in [0.717, 1.165) is 49.1 Å². The highest BCUT2D eigenvalue weighted by Crippen LogP contribution is 2.39. The number of hydrogen-bond acceptors (Lipinski definition) is 5. The van der Waals surface area contributed by atoms with Gasteiger partial charge >= 0.3 is 5.97 Å². The molecule has 0 saturated carbocycles. The first kappa shape index (κ1) is 19.8. The Labute approximate surface area is 164 Å². The molecule has 0 bridgehead atoms. The first-order valence-corrected chi connectivity index (χ1v) is 10.7. The van der Waals surface area contributed by atoms with Crippen LogP contribution in [0.4, 0.5) is 5.00 Å². The summed E-state index contributed by atoms with van der Waals surface area (Å²) in [6, 6.07) is 2.29. The second kappa shape index (κ2) is 8.85.